The zero-order valence-electron chi connectivity index (χ0n) is 13.8. The number of halogens is 3. The molecule has 4 rings (SSSR count). The lowest BCUT2D eigenvalue weighted by Crippen LogP contribution is -3.20. The smallest absolute Gasteiger partial charge is 0.346 e. The Labute approximate surface area is 140 Å². The Morgan fingerprint density at radius 3 is 2.54 bits per heavy atom. The summed E-state index contributed by atoms with van der Waals surface area (Å²) in [5.74, 6) is 1.27. The van der Waals surface area contributed by atoms with Gasteiger partial charge in [-0.15, -0.1) is 0 Å². The van der Waals surface area contributed by atoms with Gasteiger partial charge in [0.05, 0.1) is 25.2 Å². The van der Waals surface area contributed by atoms with E-state index < -0.39 is 11.7 Å². The van der Waals surface area contributed by atoms with E-state index in [1.807, 2.05) is 0 Å². The van der Waals surface area contributed by atoms with Crippen LogP contribution in [-0.4, -0.2) is 31.6 Å². The van der Waals surface area contributed by atoms with Gasteiger partial charge in [-0.2, -0.15) is 13.2 Å². The second-order valence-corrected chi connectivity index (χ2v) is 7.05. The molecule has 0 aliphatic carbocycles. The standard InChI is InChI=1S/C18H23F3N2O/c1-2-12-11-23-8-7-14(12)9-16(23)10-22-17(24)13-3-5-15(6-4-13)18(19,20)21/h3-6,12,14,16H,2,7-11H2,1H3,(H,22,24)/p+1/t12-,14-,16+/m0/s1. The molecule has 3 heterocycles. The van der Waals surface area contributed by atoms with Gasteiger partial charge in [0.1, 0.15) is 6.04 Å². The van der Waals surface area contributed by atoms with Crippen molar-refractivity contribution in [1.29, 1.82) is 0 Å². The summed E-state index contributed by atoms with van der Waals surface area (Å²) in [5.41, 5.74) is -0.454. The predicted molar refractivity (Wildman–Crippen MR) is 84.8 cm³/mol. The van der Waals surface area contributed by atoms with Gasteiger partial charge in [0, 0.05) is 24.3 Å². The topological polar surface area (TPSA) is 33.5 Å². The highest BCUT2D eigenvalue weighted by atomic mass is 19.4. The lowest BCUT2D eigenvalue weighted by molar-refractivity contribution is -0.945. The summed E-state index contributed by atoms with van der Waals surface area (Å²) in [7, 11) is 0. The largest absolute Gasteiger partial charge is 0.416 e. The van der Waals surface area contributed by atoms with Crippen LogP contribution in [-0.2, 0) is 6.18 Å². The van der Waals surface area contributed by atoms with Crippen LogP contribution < -0.4 is 10.2 Å². The minimum Gasteiger partial charge on any atom is -0.346 e. The number of fused-ring (bicyclic) bond motifs is 3. The minimum atomic E-state index is -4.37. The fourth-order valence-electron chi connectivity index (χ4n) is 4.26. The van der Waals surface area contributed by atoms with Crippen molar-refractivity contribution in [2.24, 2.45) is 11.8 Å². The van der Waals surface area contributed by atoms with Gasteiger partial charge in [-0.25, -0.2) is 0 Å². The summed E-state index contributed by atoms with van der Waals surface area (Å²) >= 11 is 0. The molecule has 0 saturated carbocycles. The molecule has 0 spiro atoms. The van der Waals surface area contributed by atoms with Gasteiger partial charge in [-0.1, -0.05) is 6.92 Å². The van der Waals surface area contributed by atoms with E-state index in [9.17, 15) is 18.0 Å². The Morgan fingerprint density at radius 1 is 1.29 bits per heavy atom. The van der Waals surface area contributed by atoms with Crippen molar-refractivity contribution < 1.29 is 22.9 Å². The molecule has 1 amide bonds. The van der Waals surface area contributed by atoms with E-state index in [4.69, 9.17) is 0 Å². The van der Waals surface area contributed by atoms with Crippen LogP contribution in [0.15, 0.2) is 24.3 Å². The van der Waals surface area contributed by atoms with E-state index in [0.29, 0.717) is 12.6 Å². The Kier molecular flexibility index (Phi) is 4.85. The molecule has 3 aliphatic rings. The number of hydrogen-bond donors (Lipinski definition) is 2. The van der Waals surface area contributed by atoms with Crippen molar-refractivity contribution >= 4 is 5.91 Å². The highest BCUT2D eigenvalue weighted by Crippen LogP contribution is 2.30. The first-order valence-electron chi connectivity index (χ1n) is 8.68. The summed E-state index contributed by atoms with van der Waals surface area (Å²) < 4.78 is 37.7. The molecule has 3 fully saturated rings. The Hall–Kier alpha value is -1.56. The van der Waals surface area contributed by atoms with Crippen LogP contribution in [0.3, 0.4) is 0 Å². The highest BCUT2D eigenvalue weighted by Gasteiger charge is 2.42. The number of nitrogens with one attached hydrogen (secondary N) is 2. The maximum absolute atomic E-state index is 12.6. The second kappa shape index (κ2) is 6.75. The Morgan fingerprint density at radius 2 is 2.00 bits per heavy atom. The summed E-state index contributed by atoms with van der Waals surface area (Å²) in [6.45, 7) is 5.19. The number of hydrogen-bond acceptors (Lipinski definition) is 1. The van der Waals surface area contributed by atoms with Crippen LogP contribution in [0.25, 0.3) is 0 Å². The van der Waals surface area contributed by atoms with E-state index in [2.05, 4.69) is 12.2 Å². The third-order valence-corrected chi connectivity index (χ3v) is 5.70. The fraction of sp³-hybridized carbons (Fsp3) is 0.611. The van der Waals surface area contributed by atoms with E-state index in [-0.39, 0.29) is 11.5 Å². The summed E-state index contributed by atoms with van der Waals surface area (Å²) in [6, 6.07) is 4.83. The van der Waals surface area contributed by atoms with Crippen LogP contribution in [0.4, 0.5) is 13.2 Å². The third-order valence-electron chi connectivity index (χ3n) is 5.70. The van der Waals surface area contributed by atoms with Gasteiger partial charge < -0.3 is 10.2 Å². The van der Waals surface area contributed by atoms with Crippen molar-refractivity contribution in [3.63, 3.8) is 0 Å². The van der Waals surface area contributed by atoms with Crippen molar-refractivity contribution in [1.82, 2.24) is 5.32 Å². The molecule has 2 N–H and O–H groups in total. The Bertz CT molecular complexity index is 585. The van der Waals surface area contributed by atoms with Gasteiger partial charge in [-0.05, 0) is 36.6 Å². The lowest BCUT2D eigenvalue weighted by atomic mass is 9.74. The van der Waals surface area contributed by atoms with Gasteiger partial charge >= 0.3 is 6.18 Å². The SMILES string of the molecule is CC[C@H]1C[NH+]2CC[C@H]1C[C@@H]2CNC(=O)c1ccc(C(F)(F)F)cc1. The van der Waals surface area contributed by atoms with Crippen LogP contribution >= 0.6 is 0 Å². The van der Waals surface area contributed by atoms with E-state index >= 15 is 0 Å². The molecule has 2 bridgehead atoms. The number of carbonyl (C=O) groups is 1. The maximum Gasteiger partial charge on any atom is 0.416 e. The number of quaternary nitrogens is 1. The molecule has 1 aromatic rings. The molecular formula is C18H24F3N2O+. The summed E-state index contributed by atoms with van der Waals surface area (Å²) in [5, 5.41) is 2.90. The van der Waals surface area contributed by atoms with Crippen LogP contribution in [0.2, 0.25) is 0 Å². The van der Waals surface area contributed by atoms with Gasteiger partial charge in [0.2, 0.25) is 0 Å². The molecule has 1 aromatic carbocycles. The van der Waals surface area contributed by atoms with Crippen molar-refractivity contribution in [2.45, 2.75) is 38.4 Å². The number of benzene rings is 1. The van der Waals surface area contributed by atoms with Crippen molar-refractivity contribution in [3.8, 4) is 0 Å². The molecule has 3 aliphatic heterocycles. The number of alkyl halides is 3. The van der Waals surface area contributed by atoms with Gasteiger partial charge in [0.25, 0.3) is 5.91 Å². The molecule has 132 valence electrons. The third kappa shape index (κ3) is 3.58. The van der Waals surface area contributed by atoms with Crippen molar-refractivity contribution in [3.05, 3.63) is 35.4 Å². The second-order valence-electron chi connectivity index (χ2n) is 7.05. The van der Waals surface area contributed by atoms with Gasteiger partial charge in [-0.3, -0.25) is 4.79 Å². The first-order chi connectivity index (χ1) is 11.4. The fourth-order valence-corrected chi connectivity index (χ4v) is 4.26. The lowest BCUT2D eigenvalue weighted by Gasteiger charge is -2.46. The van der Waals surface area contributed by atoms with Crippen molar-refractivity contribution in [2.75, 3.05) is 19.6 Å². The molecular weight excluding hydrogens is 317 g/mol. The molecule has 4 atom stereocenters. The number of piperidine rings is 3. The minimum absolute atomic E-state index is 0.278. The van der Waals surface area contributed by atoms with Crippen LogP contribution in [0, 0.1) is 11.8 Å². The van der Waals surface area contributed by atoms with Crippen LogP contribution in [0.1, 0.15) is 42.1 Å². The van der Waals surface area contributed by atoms with Gasteiger partial charge in [0.15, 0.2) is 0 Å². The predicted octanol–water partition coefficient (Wildman–Crippen LogP) is 2.14. The average molecular weight is 341 g/mol. The molecule has 24 heavy (non-hydrogen) atoms. The molecule has 6 heteroatoms. The highest BCUT2D eigenvalue weighted by molar-refractivity contribution is 5.94. The number of rotatable bonds is 4. The first kappa shape index (κ1) is 17.3. The monoisotopic (exact) mass is 341 g/mol. The summed E-state index contributed by atoms with van der Waals surface area (Å²) in [4.78, 5) is 13.7. The quantitative estimate of drug-likeness (QED) is 0.864. The first-order valence-corrected chi connectivity index (χ1v) is 8.68. The molecule has 3 saturated heterocycles. The number of amides is 1. The van der Waals surface area contributed by atoms with Crippen LogP contribution in [0.5, 0.6) is 0 Å². The molecule has 3 nitrogen and oxygen atoms in total. The molecule has 0 aromatic heterocycles. The van der Waals surface area contributed by atoms with E-state index in [0.717, 1.165) is 30.4 Å². The van der Waals surface area contributed by atoms with E-state index in [1.54, 1.807) is 4.90 Å². The summed E-state index contributed by atoms with van der Waals surface area (Å²) in [6.07, 6.45) is -0.736. The Balaban J connectivity index is 1.55. The van der Waals surface area contributed by atoms with E-state index in [1.165, 1.54) is 38.1 Å². The zero-order valence-corrected chi connectivity index (χ0v) is 13.8. The molecule has 1 unspecified atom stereocenters. The average Bonchev–Trinajstić information content (AvgIpc) is 2.59. The normalized spacial score (nSPS) is 29.5. The maximum atomic E-state index is 12.6. The number of carbonyl (C=O) groups excluding carboxylic acids is 1. The zero-order chi connectivity index (χ0) is 17.3. The molecule has 0 radical (unpaired) electrons.